The maximum Gasteiger partial charge on any atom is 0.360 e. The zero-order valence-corrected chi connectivity index (χ0v) is 11.4. The molecule has 0 aliphatic carbocycles. The Labute approximate surface area is 110 Å². The molecule has 0 spiro atoms. The minimum atomic E-state index is -0.483. The molecule has 19 heavy (non-hydrogen) atoms. The number of ether oxygens (including phenoxy) is 1. The molecule has 0 amide bonds. The van der Waals surface area contributed by atoms with Gasteiger partial charge in [0.2, 0.25) is 0 Å². The third-order valence-electron chi connectivity index (χ3n) is 2.68. The molecule has 0 N–H and O–H groups in total. The Bertz CT molecular complexity index is 586. The standard InChI is InChI=1S/C12H16N4O3/c1-7(2)11-10(12(17)18-4)13-15-16(11)6-9-5-8(3)14-19-9/h5,7H,6H2,1-4H3. The van der Waals surface area contributed by atoms with Crippen LogP contribution in [0.25, 0.3) is 0 Å². The second kappa shape index (κ2) is 5.21. The van der Waals surface area contributed by atoms with Crippen molar-refractivity contribution in [2.45, 2.75) is 33.2 Å². The van der Waals surface area contributed by atoms with Crippen LogP contribution in [0.15, 0.2) is 10.6 Å². The van der Waals surface area contributed by atoms with Gasteiger partial charge in [-0.15, -0.1) is 5.10 Å². The first-order valence-electron chi connectivity index (χ1n) is 5.96. The van der Waals surface area contributed by atoms with Crippen LogP contribution in [-0.4, -0.2) is 33.2 Å². The minimum absolute atomic E-state index is 0.0909. The summed E-state index contributed by atoms with van der Waals surface area (Å²) in [7, 11) is 1.32. The summed E-state index contributed by atoms with van der Waals surface area (Å²) < 4.78 is 11.5. The Morgan fingerprint density at radius 1 is 1.53 bits per heavy atom. The van der Waals surface area contributed by atoms with Gasteiger partial charge in [0.1, 0.15) is 6.54 Å². The Hall–Kier alpha value is -2.18. The molecule has 0 saturated carbocycles. The summed E-state index contributed by atoms with van der Waals surface area (Å²) in [6, 6.07) is 1.82. The second-order valence-corrected chi connectivity index (χ2v) is 4.56. The number of esters is 1. The first-order valence-corrected chi connectivity index (χ1v) is 5.96. The highest BCUT2D eigenvalue weighted by Gasteiger charge is 2.23. The fraction of sp³-hybridized carbons (Fsp3) is 0.500. The van der Waals surface area contributed by atoms with Crippen molar-refractivity contribution in [3.8, 4) is 0 Å². The Kier molecular flexibility index (Phi) is 3.64. The SMILES string of the molecule is COC(=O)c1nnn(Cc2cc(C)no2)c1C(C)C. The molecule has 0 radical (unpaired) electrons. The predicted molar refractivity (Wildman–Crippen MR) is 65.8 cm³/mol. The normalized spacial score (nSPS) is 11.0. The molecule has 102 valence electrons. The van der Waals surface area contributed by atoms with Crippen molar-refractivity contribution in [1.29, 1.82) is 0 Å². The lowest BCUT2D eigenvalue weighted by molar-refractivity contribution is 0.0592. The summed E-state index contributed by atoms with van der Waals surface area (Å²) in [6.45, 7) is 6.16. The lowest BCUT2D eigenvalue weighted by atomic mass is 10.1. The molecule has 0 aliphatic heterocycles. The topological polar surface area (TPSA) is 83.0 Å². The Balaban J connectivity index is 2.35. The summed E-state index contributed by atoms with van der Waals surface area (Å²) >= 11 is 0. The molecule has 2 rings (SSSR count). The van der Waals surface area contributed by atoms with Gasteiger partial charge in [0, 0.05) is 6.07 Å². The zero-order chi connectivity index (χ0) is 14.0. The van der Waals surface area contributed by atoms with Gasteiger partial charge in [-0.1, -0.05) is 24.2 Å². The highest BCUT2D eigenvalue weighted by atomic mass is 16.5. The van der Waals surface area contributed by atoms with Gasteiger partial charge < -0.3 is 9.26 Å². The summed E-state index contributed by atoms with van der Waals surface area (Å²) in [5.74, 6) is 0.275. The van der Waals surface area contributed by atoms with Crippen molar-refractivity contribution in [1.82, 2.24) is 20.2 Å². The van der Waals surface area contributed by atoms with Crippen LogP contribution in [0.4, 0.5) is 0 Å². The van der Waals surface area contributed by atoms with E-state index in [2.05, 4.69) is 15.5 Å². The van der Waals surface area contributed by atoms with Crippen molar-refractivity contribution in [2.75, 3.05) is 7.11 Å². The summed E-state index contributed by atoms with van der Waals surface area (Å²) in [4.78, 5) is 11.6. The van der Waals surface area contributed by atoms with E-state index in [1.54, 1.807) is 4.68 Å². The molecule has 2 aromatic heterocycles. The number of aromatic nitrogens is 4. The lowest BCUT2D eigenvalue weighted by Crippen LogP contribution is -2.11. The van der Waals surface area contributed by atoms with E-state index in [1.807, 2.05) is 26.8 Å². The maximum atomic E-state index is 11.6. The number of aryl methyl sites for hydroxylation is 1. The fourth-order valence-corrected chi connectivity index (χ4v) is 1.89. The van der Waals surface area contributed by atoms with E-state index in [-0.39, 0.29) is 11.6 Å². The van der Waals surface area contributed by atoms with E-state index in [0.717, 1.165) is 11.4 Å². The molecule has 2 heterocycles. The van der Waals surface area contributed by atoms with Crippen LogP contribution >= 0.6 is 0 Å². The molecule has 0 saturated heterocycles. The number of methoxy groups -OCH3 is 1. The number of nitrogens with zero attached hydrogens (tertiary/aromatic N) is 4. The number of hydrogen-bond acceptors (Lipinski definition) is 6. The van der Waals surface area contributed by atoms with E-state index in [1.165, 1.54) is 7.11 Å². The van der Waals surface area contributed by atoms with Crippen LogP contribution in [0.2, 0.25) is 0 Å². The van der Waals surface area contributed by atoms with Gasteiger partial charge in [-0.25, -0.2) is 9.48 Å². The molecule has 0 fully saturated rings. The molecule has 0 atom stereocenters. The van der Waals surface area contributed by atoms with Gasteiger partial charge in [0.15, 0.2) is 11.5 Å². The average molecular weight is 264 g/mol. The van der Waals surface area contributed by atoms with Gasteiger partial charge in [0.25, 0.3) is 0 Å². The predicted octanol–water partition coefficient (Wildman–Crippen LogP) is 1.53. The van der Waals surface area contributed by atoms with E-state index in [4.69, 9.17) is 9.26 Å². The molecule has 7 nitrogen and oxygen atoms in total. The summed E-state index contributed by atoms with van der Waals surface area (Å²) in [5.41, 5.74) is 1.77. The van der Waals surface area contributed by atoms with Crippen LogP contribution in [0.5, 0.6) is 0 Å². The maximum absolute atomic E-state index is 11.6. The lowest BCUT2D eigenvalue weighted by Gasteiger charge is -2.08. The molecule has 0 aromatic carbocycles. The monoisotopic (exact) mass is 264 g/mol. The highest BCUT2D eigenvalue weighted by Crippen LogP contribution is 2.19. The van der Waals surface area contributed by atoms with E-state index in [0.29, 0.717) is 12.3 Å². The third-order valence-corrected chi connectivity index (χ3v) is 2.68. The number of rotatable bonds is 4. The van der Waals surface area contributed by atoms with Crippen LogP contribution in [0.3, 0.4) is 0 Å². The van der Waals surface area contributed by atoms with Gasteiger partial charge in [-0.05, 0) is 12.8 Å². The van der Waals surface area contributed by atoms with Gasteiger partial charge >= 0.3 is 5.97 Å². The van der Waals surface area contributed by atoms with Gasteiger partial charge in [0.05, 0.1) is 18.5 Å². The van der Waals surface area contributed by atoms with E-state index < -0.39 is 5.97 Å². The minimum Gasteiger partial charge on any atom is -0.464 e. The molecule has 2 aromatic rings. The van der Waals surface area contributed by atoms with Crippen LogP contribution in [0.1, 0.15) is 47.4 Å². The zero-order valence-electron chi connectivity index (χ0n) is 11.4. The summed E-state index contributed by atoms with van der Waals surface area (Å²) in [5, 5.41) is 11.7. The number of hydrogen-bond donors (Lipinski definition) is 0. The molecule has 7 heteroatoms. The van der Waals surface area contributed by atoms with Crippen molar-refractivity contribution < 1.29 is 14.1 Å². The number of carbonyl (C=O) groups excluding carboxylic acids is 1. The Morgan fingerprint density at radius 2 is 2.26 bits per heavy atom. The first kappa shape index (κ1) is 13.3. The molecule has 0 unspecified atom stereocenters. The van der Waals surface area contributed by atoms with Crippen LogP contribution in [0, 0.1) is 6.92 Å². The fourth-order valence-electron chi connectivity index (χ4n) is 1.89. The number of carbonyl (C=O) groups is 1. The molecular weight excluding hydrogens is 248 g/mol. The highest BCUT2D eigenvalue weighted by molar-refractivity contribution is 5.88. The second-order valence-electron chi connectivity index (χ2n) is 4.56. The molecular formula is C12H16N4O3. The van der Waals surface area contributed by atoms with Crippen molar-refractivity contribution in [2.24, 2.45) is 0 Å². The van der Waals surface area contributed by atoms with Gasteiger partial charge in [-0.3, -0.25) is 0 Å². The average Bonchev–Trinajstić information content (AvgIpc) is 2.95. The van der Waals surface area contributed by atoms with Crippen LogP contribution < -0.4 is 0 Å². The Morgan fingerprint density at radius 3 is 2.79 bits per heavy atom. The first-order chi connectivity index (χ1) is 9.02. The van der Waals surface area contributed by atoms with Crippen molar-refractivity contribution in [3.05, 3.63) is 28.9 Å². The molecule has 0 aliphatic rings. The van der Waals surface area contributed by atoms with Crippen molar-refractivity contribution >= 4 is 5.97 Å². The molecule has 0 bridgehead atoms. The smallest absolute Gasteiger partial charge is 0.360 e. The van der Waals surface area contributed by atoms with Crippen molar-refractivity contribution in [3.63, 3.8) is 0 Å². The van der Waals surface area contributed by atoms with E-state index >= 15 is 0 Å². The quantitative estimate of drug-likeness (QED) is 0.779. The van der Waals surface area contributed by atoms with E-state index in [9.17, 15) is 4.79 Å². The third kappa shape index (κ3) is 2.64. The largest absolute Gasteiger partial charge is 0.464 e. The summed E-state index contributed by atoms with van der Waals surface area (Å²) in [6.07, 6.45) is 0. The van der Waals surface area contributed by atoms with Crippen LogP contribution in [-0.2, 0) is 11.3 Å². The van der Waals surface area contributed by atoms with Gasteiger partial charge in [-0.2, -0.15) is 0 Å².